The maximum atomic E-state index is 11.8. The normalized spacial score (nSPS) is 10.0. The Hall–Kier alpha value is -2.00. The number of hydrogen-bond donors (Lipinski definition) is 1. The van der Waals surface area contributed by atoms with Crippen LogP contribution in [0.15, 0.2) is 48.5 Å². The van der Waals surface area contributed by atoms with Crippen molar-refractivity contribution >= 4 is 23.2 Å². The number of amides is 1. The highest BCUT2D eigenvalue weighted by atomic mass is 35.5. The summed E-state index contributed by atoms with van der Waals surface area (Å²) in [6, 6.07) is 14.5. The number of ether oxygens (including phenoxy) is 1. The first-order valence-corrected chi connectivity index (χ1v) is 6.23. The molecular weight excluding hydrogens is 262 g/mol. The van der Waals surface area contributed by atoms with Gasteiger partial charge in [-0.1, -0.05) is 23.7 Å². The van der Waals surface area contributed by atoms with Gasteiger partial charge in [-0.3, -0.25) is 4.79 Å². The first kappa shape index (κ1) is 13.4. The molecule has 0 fully saturated rings. The number of hydrogen-bond acceptors (Lipinski definition) is 2. The number of carbonyl (C=O) groups excluding carboxylic acids is 1. The summed E-state index contributed by atoms with van der Waals surface area (Å²) >= 11 is 5.79. The van der Waals surface area contributed by atoms with Gasteiger partial charge in [-0.05, 0) is 42.0 Å². The molecule has 0 aliphatic carbocycles. The largest absolute Gasteiger partial charge is 0.497 e. The number of methoxy groups -OCH3 is 1. The Labute approximate surface area is 117 Å². The van der Waals surface area contributed by atoms with E-state index in [9.17, 15) is 4.79 Å². The Morgan fingerprint density at radius 1 is 1.11 bits per heavy atom. The third kappa shape index (κ3) is 4.00. The van der Waals surface area contributed by atoms with Gasteiger partial charge in [0.25, 0.3) is 0 Å². The predicted molar refractivity (Wildman–Crippen MR) is 76.8 cm³/mol. The number of halogens is 1. The number of anilines is 1. The predicted octanol–water partition coefficient (Wildman–Crippen LogP) is 3.53. The van der Waals surface area contributed by atoms with Crippen molar-refractivity contribution in [1.29, 1.82) is 0 Å². The van der Waals surface area contributed by atoms with E-state index in [1.165, 1.54) is 0 Å². The lowest BCUT2D eigenvalue weighted by Gasteiger charge is -2.06. The second kappa shape index (κ2) is 6.25. The molecule has 0 spiro atoms. The second-order valence-electron chi connectivity index (χ2n) is 4.08. The summed E-state index contributed by atoms with van der Waals surface area (Å²) in [4.78, 5) is 11.8. The first-order chi connectivity index (χ1) is 9.17. The van der Waals surface area contributed by atoms with E-state index in [1.807, 2.05) is 12.1 Å². The van der Waals surface area contributed by atoms with Crippen LogP contribution in [0.1, 0.15) is 5.56 Å². The molecule has 0 bridgehead atoms. The van der Waals surface area contributed by atoms with Crippen LogP contribution in [0.2, 0.25) is 5.02 Å². The summed E-state index contributed by atoms with van der Waals surface area (Å²) in [7, 11) is 1.61. The van der Waals surface area contributed by atoms with Gasteiger partial charge in [0.2, 0.25) is 5.91 Å². The SMILES string of the molecule is COc1ccc(NC(=O)Cc2ccc(Cl)cc2)cc1. The Morgan fingerprint density at radius 3 is 2.32 bits per heavy atom. The fourth-order valence-electron chi connectivity index (χ4n) is 1.67. The Morgan fingerprint density at radius 2 is 1.74 bits per heavy atom. The second-order valence-corrected chi connectivity index (χ2v) is 4.52. The van der Waals surface area contributed by atoms with Crippen LogP contribution in [0.3, 0.4) is 0 Å². The summed E-state index contributed by atoms with van der Waals surface area (Å²) in [6.45, 7) is 0. The summed E-state index contributed by atoms with van der Waals surface area (Å²) in [6.07, 6.45) is 0.323. The molecule has 0 saturated heterocycles. The van der Waals surface area contributed by atoms with Crippen molar-refractivity contribution in [2.24, 2.45) is 0 Å². The van der Waals surface area contributed by atoms with Gasteiger partial charge in [-0.15, -0.1) is 0 Å². The van der Waals surface area contributed by atoms with Gasteiger partial charge >= 0.3 is 0 Å². The Balaban J connectivity index is 1.95. The molecule has 1 N–H and O–H groups in total. The van der Waals surface area contributed by atoms with Crippen LogP contribution in [-0.4, -0.2) is 13.0 Å². The van der Waals surface area contributed by atoms with Gasteiger partial charge in [0.05, 0.1) is 13.5 Å². The molecule has 3 nitrogen and oxygen atoms in total. The third-order valence-electron chi connectivity index (χ3n) is 2.65. The van der Waals surface area contributed by atoms with E-state index in [2.05, 4.69) is 5.32 Å². The van der Waals surface area contributed by atoms with E-state index < -0.39 is 0 Å². The highest BCUT2D eigenvalue weighted by Gasteiger charge is 2.04. The van der Waals surface area contributed by atoms with Crippen LogP contribution in [0.5, 0.6) is 5.75 Å². The van der Waals surface area contributed by atoms with Crippen LogP contribution >= 0.6 is 11.6 Å². The Bertz CT molecular complexity index is 549. The standard InChI is InChI=1S/C15H14ClNO2/c1-19-14-8-6-13(7-9-14)17-15(18)10-11-2-4-12(16)5-3-11/h2-9H,10H2,1H3,(H,17,18). The minimum Gasteiger partial charge on any atom is -0.497 e. The smallest absolute Gasteiger partial charge is 0.228 e. The maximum absolute atomic E-state index is 11.8. The number of rotatable bonds is 4. The number of nitrogens with one attached hydrogen (secondary N) is 1. The maximum Gasteiger partial charge on any atom is 0.228 e. The van der Waals surface area contributed by atoms with Crippen molar-refractivity contribution in [1.82, 2.24) is 0 Å². The molecule has 1 amide bonds. The van der Waals surface area contributed by atoms with Gasteiger partial charge < -0.3 is 10.1 Å². The van der Waals surface area contributed by atoms with Crippen molar-refractivity contribution < 1.29 is 9.53 Å². The molecule has 2 aromatic rings. The van der Waals surface area contributed by atoms with Crippen LogP contribution in [0.4, 0.5) is 5.69 Å². The molecule has 0 atom stereocenters. The average Bonchev–Trinajstić information content (AvgIpc) is 2.42. The summed E-state index contributed by atoms with van der Waals surface area (Å²) in [5, 5.41) is 3.49. The van der Waals surface area contributed by atoms with E-state index in [0.29, 0.717) is 11.4 Å². The quantitative estimate of drug-likeness (QED) is 0.927. The van der Waals surface area contributed by atoms with Crippen LogP contribution in [-0.2, 0) is 11.2 Å². The van der Waals surface area contributed by atoms with E-state index >= 15 is 0 Å². The molecule has 98 valence electrons. The molecule has 0 saturated carbocycles. The van der Waals surface area contributed by atoms with E-state index in [4.69, 9.17) is 16.3 Å². The lowest BCUT2D eigenvalue weighted by atomic mass is 10.1. The topological polar surface area (TPSA) is 38.3 Å². The molecule has 0 aromatic heterocycles. The fourth-order valence-corrected chi connectivity index (χ4v) is 1.79. The molecule has 0 radical (unpaired) electrons. The summed E-state index contributed by atoms with van der Waals surface area (Å²) < 4.78 is 5.06. The van der Waals surface area contributed by atoms with Crippen molar-refractivity contribution in [2.75, 3.05) is 12.4 Å². The molecule has 0 aliphatic rings. The lowest BCUT2D eigenvalue weighted by molar-refractivity contribution is -0.115. The van der Waals surface area contributed by atoms with E-state index in [0.717, 1.165) is 17.0 Å². The van der Waals surface area contributed by atoms with Crippen LogP contribution < -0.4 is 10.1 Å². The van der Waals surface area contributed by atoms with Crippen molar-refractivity contribution in [3.63, 3.8) is 0 Å². The minimum atomic E-state index is -0.0625. The molecule has 19 heavy (non-hydrogen) atoms. The minimum absolute atomic E-state index is 0.0625. The number of benzene rings is 2. The Kier molecular flexibility index (Phi) is 4.42. The van der Waals surface area contributed by atoms with Gasteiger partial charge in [-0.2, -0.15) is 0 Å². The summed E-state index contributed by atoms with van der Waals surface area (Å²) in [5.41, 5.74) is 1.68. The zero-order valence-electron chi connectivity index (χ0n) is 10.5. The van der Waals surface area contributed by atoms with Crippen LogP contribution in [0.25, 0.3) is 0 Å². The average molecular weight is 276 g/mol. The highest BCUT2D eigenvalue weighted by Crippen LogP contribution is 2.15. The van der Waals surface area contributed by atoms with Crippen molar-refractivity contribution in [3.8, 4) is 5.75 Å². The molecule has 2 rings (SSSR count). The van der Waals surface area contributed by atoms with Crippen LogP contribution in [0, 0.1) is 0 Å². The molecular formula is C15H14ClNO2. The van der Waals surface area contributed by atoms with Gasteiger partial charge in [-0.25, -0.2) is 0 Å². The van der Waals surface area contributed by atoms with Gasteiger partial charge in [0.15, 0.2) is 0 Å². The monoisotopic (exact) mass is 275 g/mol. The summed E-state index contributed by atoms with van der Waals surface area (Å²) in [5.74, 6) is 0.697. The molecule has 0 aliphatic heterocycles. The molecule has 0 heterocycles. The van der Waals surface area contributed by atoms with Crippen molar-refractivity contribution in [3.05, 3.63) is 59.1 Å². The zero-order chi connectivity index (χ0) is 13.7. The third-order valence-corrected chi connectivity index (χ3v) is 2.90. The van der Waals surface area contributed by atoms with Gasteiger partial charge in [0.1, 0.15) is 5.75 Å². The molecule has 0 unspecified atom stereocenters. The molecule has 2 aromatic carbocycles. The first-order valence-electron chi connectivity index (χ1n) is 5.86. The van der Waals surface area contributed by atoms with Gasteiger partial charge in [0, 0.05) is 10.7 Å². The fraction of sp³-hybridized carbons (Fsp3) is 0.133. The highest BCUT2D eigenvalue weighted by molar-refractivity contribution is 6.30. The number of carbonyl (C=O) groups is 1. The molecule has 4 heteroatoms. The van der Waals surface area contributed by atoms with E-state index in [-0.39, 0.29) is 5.91 Å². The van der Waals surface area contributed by atoms with E-state index in [1.54, 1.807) is 43.5 Å². The lowest BCUT2D eigenvalue weighted by Crippen LogP contribution is -2.14. The zero-order valence-corrected chi connectivity index (χ0v) is 11.3. The van der Waals surface area contributed by atoms with Crippen molar-refractivity contribution in [2.45, 2.75) is 6.42 Å².